The first-order chi connectivity index (χ1) is 11.3. The molecule has 0 radical (unpaired) electrons. The van der Waals surface area contributed by atoms with Gasteiger partial charge in [-0.2, -0.15) is 0 Å². The molecule has 6 heteroatoms. The third-order valence-electron chi connectivity index (χ3n) is 4.74. The molecule has 2 atom stereocenters. The molecular weight excluding hydrogens is 313 g/mol. The van der Waals surface area contributed by atoms with Gasteiger partial charge in [0.25, 0.3) is 0 Å². The van der Waals surface area contributed by atoms with Crippen LogP contribution in [0.15, 0.2) is 12.4 Å². The third-order valence-corrected chi connectivity index (χ3v) is 4.74. The van der Waals surface area contributed by atoms with Gasteiger partial charge in [0, 0.05) is 25.0 Å². The quantitative estimate of drug-likeness (QED) is 0.499. The highest BCUT2D eigenvalue weighted by atomic mass is 19.1. The summed E-state index contributed by atoms with van der Waals surface area (Å²) in [5.41, 5.74) is 0. The van der Waals surface area contributed by atoms with Gasteiger partial charge < -0.3 is 10.2 Å². The molecule has 138 valence electrons. The van der Waals surface area contributed by atoms with Crippen LogP contribution in [-0.2, 0) is 9.59 Å². The highest BCUT2D eigenvalue weighted by Gasteiger charge is 2.38. The maximum atomic E-state index is 13.3. The van der Waals surface area contributed by atoms with Gasteiger partial charge in [-0.15, -0.1) is 0 Å². The van der Waals surface area contributed by atoms with E-state index in [2.05, 4.69) is 18.4 Å². The summed E-state index contributed by atoms with van der Waals surface area (Å²) >= 11 is 0. The van der Waals surface area contributed by atoms with E-state index in [1.165, 1.54) is 0 Å². The molecule has 2 unspecified atom stereocenters. The summed E-state index contributed by atoms with van der Waals surface area (Å²) in [6, 6.07) is 0.257. The number of hydrogen-bond donors (Lipinski definition) is 2. The molecule has 0 aliphatic heterocycles. The molecule has 0 saturated heterocycles. The normalized spacial score (nSPS) is 17.0. The Morgan fingerprint density at radius 3 is 2.21 bits per heavy atom. The van der Waals surface area contributed by atoms with Crippen LogP contribution in [0.1, 0.15) is 58.8 Å². The van der Waals surface area contributed by atoms with Crippen molar-refractivity contribution in [2.24, 2.45) is 11.8 Å². The maximum Gasteiger partial charge on any atom is 0.317 e. The zero-order valence-electron chi connectivity index (χ0n) is 14.7. The van der Waals surface area contributed by atoms with E-state index in [4.69, 9.17) is 10.2 Å². The van der Waals surface area contributed by atoms with Gasteiger partial charge in [-0.05, 0) is 38.0 Å². The molecule has 0 aromatic heterocycles. The van der Waals surface area contributed by atoms with E-state index in [1.807, 2.05) is 6.92 Å². The van der Waals surface area contributed by atoms with Crippen molar-refractivity contribution in [3.63, 3.8) is 0 Å². The molecule has 2 N–H and O–H groups in total. The van der Waals surface area contributed by atoms with Crippen molar-refractivity contribution >= 4 is 11.9 Å². The van der Waals surface area contributed by atoms with Gasteiger partial charge in [0.05, 0.1) is 5.83 Å². The smallest absolute Gasteiger partial charge is 0.317 e. The lowest BCUT2D eigenvalue weighted by Gasteiger charge is -2.35. The number of nitrogens with zero attached hydrogens (tertiary/aromatic N) is 1. The molecule has 24 heavy (non-hydrogen) atoms. The fourth-order valence-electron chi connectivity index (χ4n) is 3.40. The Morgan fingerprint density at radius 2 is 1.83 bits per heavy atom. The summed E-state index contributed by atoms with van der Waals surface area (Å²) in [5, 5.41) is 18.3. The second-order valence-electron chi connectivity index (χ2n) is 6.83. The number of allylic oxidation sites excluding steroid dienone is 1. The number of hydrogen-bond acceptors (Lipinski definition) is 3. The van der Waals surface area contributed by atoms with Crippen LogP contribution in [0, 0.1) is 11.8 Å². The number of aliphatic carboxylic acids is 2. The van der Waals surface area contributed by atoms with Gasteiger partial charge >= 0.3 is 11.9 Å². The van der Waals surface area contributed by atoms with E-state index in [1.54, 1.807) is 0 Å². The maximum absolute atomic E-state index is 13.3. The van der Waals surface area contributed by atoms with Crippen LogP contribution in [0.25, 0.3) is 0 Å². The summed E-state index contributed by atoms with van der Waals surface area (Å²) in [7, 11) is 0. The molecule has 1 aliphatic rings. The molecule has 5 nitrogen and oxygen atoms in total. The van der Waals surface area contributed by atoms with Crippen molar-refractivity contribution in [3.05, 3.63) is 12.4 Å². The average Bonchev–Trinajstić information content (AvgIpc) is 3.29. The molecule has 1 fully saturated rings. The van der Waals surface area contributed by atoms with E-state index < -0.39 is 17.9 Å². The molecule has 1 aliphatic carbocycles. The molecule has 0 aromatic rings. The van der Waals surface area contributed by atoms with Crippen LogP contribution in [0.2, 0.25) is 0 Å². The Hall–Kier alpha value is -1.43. The zero-order chi connectivity index (χ0) is 18.3. The van der Waals surface area contributed by atoms with E-state index in [-0.39, 0.29) is 24.2 Å². The van der Waals surface area contributed by atoms with Crippen LogP contribution in [0.4, 0.5) is 4.39 Å². The molecule has 1 saturated carbocycles. The first-order valence-corrected chi connectivity index (χ1v) is 8.84. The Balaban J connectivity index is 2.84. The minimum absolute atomic E-state index is 0.0904. The highest BCUT2D eigenvalue weighted by Crippen LogP contribution is 2.34. The minimum atomic E-state index is -1.39. The molecule has 0 heterocycles. The number of carboxylic acid groups (broad SMARTS) is 2. The summed E-state index contributed by atoms with van der Waals surface area (Å²) in [6.45, 7) is 8.04. The lowest BCUT2D eigenvalue weighted by atomic mass is 9.93. The largest absolute Gasteiger partial charge is 0.481 e. The highest BCUT2D eigenvalue weighted by molar-refractivity contribution is 5.92. The zero-order valence-corrected chi connectivity index (χ0v) is 14.7. The van der Waals surface area contributed by atoms with Crippen LogP contribution in [0.5, 0.6) is 0 Å². The Kier molecular flexibility index (Phi) is 8.39. The summed E-state index contributed by atoms with van der Waals surface area (Å²) in [5.74, 6) is -4.17. The van der Waals surface area contributed by atoms with Gasteiger partial charge in [0.2, 0.25) is 0 Å². The Bertz CT molecular complexity index is 436. The summed E-state index contributed by atoms with van der Waals surface area (Å²) in [6.07, 6.45) is 4.99. The van der Waals surface area contributed by atoms with Gasteiger partial charge in [-0.25, -0.2) is 4.39 Å². The average molecular weight is 343 g/mol. The predicted octanol–water partition coefficient (Wildman–Crippen LogP) is 3.69. The van der Waals surface area contributed by atoms with Crippen LogP contribution < -0.4 is 0 Å². The molecule has 0 amide bonds. The fraction of sp³-hybridized carbons (Fsp3) is 0.778. The van der Waals surface area contributed by atoms with Crippen molar-refractivity contribution in [2.45, 2.75) is 70.9 Å². The second kappa shape index (κ2) is 9.77. The molecule has 0 aromatic carbocycles. The topological polar surface area (TPSA) is 77.8 Å². The van der Waals surface area contributed by atoms with Crippen LogP contribution in [-0.4, -0.2) is 45.7 Å². The van der Waals surface area contributed by atoms with E-state index >= 15 is 0 Å². The van der Waals surface area contributed by atoms with Crippen LogP contribution in [0.3, 0.4) is 0 Å². The first-order valence-electron chi connectivity index (χ1n) is 8.84. The number of halogens is 1. The van der Waals surface area contributed by atoms with Gasteiger partial charge in [0.1, 0.15) is 0 Å². The number of carbonyl (C=O) groups is 2. The Morgan fingerprint density at radius 1 is 1.25 bits per heavy atom. The third kappa shape index (κ3) is 6.59. The van der Waals surface area contributed by atoms with Crippen molar-refractivity contribution in [3.8, 4) is 0 Å². The second-order valence-corrected chi connectivity index (χ2v) is 6.83. The predicted molar refractivity (Wildman–Crippen MR) is 90.4 cm³/mol. The van der Waals surface area contributed by atoms with E-state index in [0.29, 0.717) is 25.4 Å². The fourth-order valence-corrected chi connectivity index (χ4v) is 3.40. The van der Waals surface area contributed by atoms with Crippen LogP contribution >= 0.6 is 0 Å². The minimum Gasteiger partial charge on any atom is -0.481 e. The standard InChI is InChI=1S/C18H30FNO4/c1-4-6-13(9-12(3)19)11-20(15-7-8-15)14(5-2)10-16(17(21)22)18(23)24/h13-16H,3-11H2,1-2H3,(H,21,22)(H,23,24). The summed E-state index contributed by atoms with van der Waals surface area (Å²) in [4.78, 5) is 24.6. The van der Waals surface area contributed by atoms with E-state index in [0.717, 1.165) is 25.7 Å². The van der Waals surface area contributed by atoms with Gasteiger partial charge in [-0.3, -0.25) is 14.5 Å². The van der Waals surface area contributed by atoms with Gasteiger partial charge in [-0.1, -0.05) is 26.8 Å². The van der Waals surface area contributed by atoms with Gasteiger partial charge in [0.15, 0.2) is 5.92 Å². The SMILES string of the molecule is C=C(F)CC(CCC)CN(C1CC1)C(CC)CC(C(=O)O)C(=O)O. The first kappa shape index (κ1) is 20.6. The van der Waals surface area contributed by atoms with Crippen molar-refractivity contribution < 1.29 is 24.2 Å². The molecule has 0 spiro atoms. The monoisotopic (exact) mass is 343 g/mol. The van der Waals surface area contributed by atoms with E-state index in [9.17, 15) is 14.0 Å². The molecule has 1 rings (SSSR count). The lowest BCUT2D eigenvalue weighted by Crippen LogP contribution is -2.43. The Labute approximate surface area is 143 Å². The summed E-state index contributed by atoms with van der Waals surface area (Å²) < 4.78 is 13.3. The van der Waals surface area contributed by atoms with Crippen molar-refractivity contribution in [1.82, 2.24) is 4.90 Å². The number of carboxylic acids is 2. The molecule has 0 bridgehead atoms. The van der Waals surface area contributed by atoms with Crippen molar-refractivity contribution in [1.29, 1.82) is 0 Å². The van der Waals surface area contributed by atoms with Crippen molar-refractivity contribution in [2.75, 3.05) is 6.54 Å². The number of rotatable bonds is 13. The molecular formula is C18H30FNO4. The lowest BCUT2D eigenvalue weighted by molar-refractivity contribution is -0.155.